The molecule has 6 aromatic carbocycles. The minimum Gasteiger partial charge on any atom is -0.310 e. The fourth-order valence-corrected chi connectivity index (χ4v) is 6.76. The molecule has 0 N–H and O–H groups in total. The molecule has 8 aromatic rings. The van der Waals surface area contributed by atoms with Crippen LogP contribution in [-0.4, -0.2) is 15.0 Å². The highest BCUT2D eigenvalue weighted by Crippen LogP contribution is 2.41. The molecule has 44 heavy (non-hydrogen) atoms. The van der Waals surface area contributed by atoms with Gasteiger partial charge in [-0.2, -0.15) is 0 Å². The van der Waals surface area contributed by atoms with Crippen LogP contribution in [0, 0.1) is 0 Å². The zero-order chi connectivity index (χ0) is 29.3. The van der Waals surface area contributed by atoms with E-state index >= 15 is 0 Å². The van der Waals surface area contributed by atoms with Gasteiger partial charge in [0.2, 0.25) is 0 Å². The summed E-state index contributed by atoms with van der Waals surface area (Å²) in [4.78, 5) is 17.0. The van der Waals surface area contributed by atoms with Gasteiger partial charge in [0.05, 0.1) is 0 Å². The summed E-state index contributed by atoms with van der Waals surface area (Å²) in [5.41, 5.74) is 6.27. The van der Waals surface area contributed by atoms with Crippen LogP contribution in [0.25, 0.3) is 54.3 Å². The van der Waals surface area contributed by atoms with Crippen LogP contribution < -0.4 is 4.90 Å². The van der Waals surface area contributed by atoms with E-state index in [2.05, 4.69) is 102 Å². The Balaban J connectivity index is 1.24. The third-order valence-electron chi connectivity index (χ3n) is 7.70. The predicted octanol–water partition coefficient (Wildman–Crippen LogP) is 10.7. The smallest absolute Gasteiger partial charge is 0.164 e. The molecule has 208 valence electrons. The number of para-hydroxylation sites is 2. The van der Waals surface area contributed by atoms with Gasteiger partial charge < -0.3 is 4.90 Å². The molecule has 0 aliphatic heterocycles. The molecule has 0 spiro atoms. The summed E-state index contributed by atoms with van der Waals surface area (Å²) in [6.45, 7) is 0. The van der Waals surface area contributed by atoms with Gasteiger partial charge in [0.1, 0.15) is 0 Å². The molecule has 8 rings (SSSR count). The monoisotopic (exact) mass is 582 g/mol. The Morgan fingerprint density at radius 3 is 1.32 bits per heavy atom. The molecular formula is C39H26N4S. The molecule has 0 atom stereocenters. The van der Waals surface area contributed by atoms with E-state index in [0.29, 0.717) is 17.5 Å². The molecule has 2 heterocycles. The van der Waals surface area contributed by atoms with Crippen molar-refractivity contribution in [1.82, 2.24) is 15.0 Å². The van der Waals surface area contributed by atoms with Gasteiger partial charge in [-0.1, -0.05) is 115 Å². The topological polar surface area (TPSA) is 41.9 Å². The molecule has 0 saturated heterocycles. The second kappa shape index (κ2) is 11.2. The van der Waals surface area contributed by atoms with Crippen LogP contribution >= 0.6 is 11.3 Å². The first-order valence-corrected chi connectivity index (χ1v) is 15.4. The number of hydrogen-bond acceptors (Lipinski definition) is 5. The van der Waals surface area contributed by atoms with Crippen LogP contribution in [0.4, 0.5) is 17.1 Å². The van der Waals surface area contributed by atoms with E-state index in [9.17, 15) is 0 Å². The van der Waals surface area contributed by atoms with Gasteiger partial charge in [0.15, 0.2) is 17.5 Å². The summed E-state index contributed by atoms with van der Waals surface area (Å²) in [5.74, 6) is 1.99. The second-order valence-corrected chi connectivity index (χ2v) is 11.6. The van der Waals surface area contributed by atoms with Crippen molar-refractivity contribution in [2.45, 2.75) is 0 Å². The summed E-state index contributed by atoms with van der Waals surface area (Å²) in [6.07, 6.45) is 0. The number of nitrogens with zero attached hydrogens (tertiary/aromatic N) is 4. The standard InChI is InChI=1S/C39H26N4S/c1-5-13-27(14-6-1)37-40-38(28-15-7-2-8-16-28)42-39(41-37)29-21-23-33-34-24-22-32(26-36(34)44-35(33)25-29)43(30-17-9-3-10-18-30)31-19-11-4-12-20-31/h1-26H. The van der Waals surface area contributed by atoms with Crippen molar-refractivity contribution in [1.29, 1.82) is 0 Å². The molecule has 0 fully saturated rings. The summed E-state index contributed by atoms with van der Waals surface area (Å²) >= 11 is 1.80. The number of rotatable bonds is 6. The molecule has 0 amide bonds. The largest absolute Gasteiger partial charge is 0.310 e. The van der Waals surface area contributed by atoms with Gasteiger partial charge in [0, 0.05) is 53.9 Å². The Morgan fingerprint density at radius 2 is 0.795 bits per heavy atom. The molecule has 0 bridgehead atoms. The number of aromatic nitrogens is 3. The van der Waals surface area contributed by atoms with Crippen LogP contribution in [0.2, 0.25) is 0 Å². The molecule has 0 unspecified atom stereocenters. The summed E-state index contributed by atoms with van der Waals surface area (Å²) in [7, 11) is 0. The quantitative estimate of drug-likeness (QED) is 0.196. The van der Waals surface area contributed by atoms with Gasteiger partial charge in [-0.15, -0.1) is 11.3 Å². The third-order valence-corrected chi connectivity index (χ3v) is 8.82. The minimum absolute atomic E-state index is 0.664. The van der Waals surface area contributed by atoms with Crippen molar-refractivity contribution >= 4 is 48.6 Å². The Bertz CT molecular complexity index is 2120. The van der Waals surface area contributed by atoms with Gasteiger partial charge in [-0.05, 0) is 42.5 Å². The van der Waals surface area contributed by atoms with Crippen molar-refractivity contribution in [3.8, 4) is 34.2 Å². The van der Waals surface area contributed by atoms with Crippen LogP contribution in [-0.2, 0) is 0 Å². The number of anilines is 3. The zero-order valence-electron chi connectivity index (χ0n) is 23.7. The van der Waals surface area contributed by atoms with Crippen LogP contribution in [0.15, 0.2) is 158 Å². The summed E-state index contributed by atoms with van der Waals surface area (Å²) in [6, 6.07) is 54.5. The van der Waals surface area contributed by atoms with Gasteiger partial charge in [-0.3, -0.25) is 0 Å². The van der Waals surface area contributed by atoms with E-state index in [1.807, 2.05) is 60.7 Å². The fourth-order valence-electron chi connectivity index (χ4n) is 5.58. The molecule has 0 saturated carbocycles. The first-order chi connectivity index (χ1) is 21.8. The van der Waals surface area contributed by atoms with E-state index in [-0.39, 0.29) is 0 Å². The van der Waals surface area contributed by atoms with Crippen LogP contribution in [0.3, 0.4) is 0 Å². The Hall–Kier alpha value is -5.65. The number of benzene rings is 6. The predicted molar refractivity (Wildman–Crippen MR) is 184 cm³/mol. The Morgan fingerprint density at radius 1 is 0.364 bits per heavy atom. The zero-order valence-corrected chi connectivity index (χ0v) is 24.5. The highest BCUT2D eigenvalue weighted by molar-refractivity contribution is 7.25. The Labute approximate surface area is 259 Å². The van der Waals surface area contributed by atoms with E-state index in [1.54, 1.807) is 11.3 Å². The molecule has 0 radical (unpaired) electrons. The molecule has 4 nitrogen and oxygen atoms in total. The first-order valence-electron chi connectivity index (χ1n) is 14.5. The van der Waals surface area contributed by atoms with E-state index in [4.69, 9.17) is 15.0 Å². The molecule has 5 heteroatoms. The SMILES string of the molecule is c1ccc(-c2nc(-c3ccccc3)nc(-c3ccc4c(c3)sc3cc(N(c5ccccc5)c5ccccc5)ccc34)n2)cc1. The van der Waals surface area contributed by atoms with E-state index in [1.165, 1.54) is 20.2 Å². The average molecular weight is 583 g/mol. The van der Waals surface area contributed by atoms with Crippen molar-refractivity contribution in [2.75, 3.05) is 4.90 Å². The molecular weight excluding hydrogens is 557 g/mol. The normalized spacial score (nSPS) is 11.2. The van der Waals surface area contributed by atoms with Crippen molar-refractivity contribution in [3.63, 3.8) is 0 Å². The van der Waals surface area contributed by atoms with Gasteiger partial charge in [0.25, 0.3) is 0 Å². The lowest BCUT2D eigenvalue weighted by Crippen LogP contribution is -2.09. The van der Waals surface area contributed by atoms with E-state index < -0.39 is 0 Å². The lowest BCUT2D eigenvalue weighted by atomic mass is 10.1. The lowest BCUT2D eigenvalue weighted by molar-refractivity contribution is 1.07. The first kappa shape index (κ1) is 26.0. The number of thiophene rings is 1. The number of fused-ring (bicyclic) bond motifs is 3. The van der Waals surface area contributed by atoms with Crippen LogP contribution in [0.1, 0.15) is 0 Å². The van der Waals surface area contributed by atoms with E-state index in [0.717, 1.165) is 33.8 Å². The maximum absolute atomic E-state index is 4.94. The highest BCUT2D eigenvalue weighted by atomic mass is 32.1. The van der Waals surface area contributed by atoms with Gasteiger partial charge in [-0.25, -0.2) is 15.0 Å². The molecule has 0 aliphatic carbocycles. The second-order valence-electron chi connectivity index (χ2n) is 10.5. The molecule has 2 aromatic heterocycles. The molecule has 0 aliphatic rings. The van der Waals surface area contributed by atoms with Crippen LogP contribution in [0.5, 0.6) is 0 Å². The summed E-state index contributed by atoms with van der Waals surface area (Å²) < 4.78 is 2.43. The maximum Gasteiger partial charge on any atom is 0.164 e. The minimum atomic E-state index is 0.664. The number of hydrogen-bond donors (Lipinski definition) is 0. The fraction of sp³-hybridized carbons (Fsp3) is 0. The summed E-state index contributed by atoms with van der Waals surface area (Å²) in [5, 5.41) is 2.47. The lowest BCUT2D eigenvalue weighted by Gasteiger charge is -2.25. The van der Waals surface area contributed by atoms with Crippen molar-refractivity contribution < 1.29 is 0 Å². The Kier molecular flexibility index (Phi) is 6.63. The van der Waals surface area contributed by atoms with Crippen molar-refractivity contribution in [2.24, 2.45) is 0 Å². The van der Waals surface area contributed by atoms with Crippen molar-refractivity contribution in [3.05, 3.63) is 158 Å². The maximum atomic E-state index is 4.94. The third kappa shape index (κ3) is 4.89. The highest BCUT2D eigenvalue weighted by Gasteiger charge is 2.16. The average Bonchev–Trinajstić information content (AvgIpc) is 3.47. The van der Waals surface area contributed by atoms with Gasteiger partial charge >= 0.3 is 0 Å².